The van der Waals surface area contributed by atoms with E-state index in [0.717, 1.165) is 11.3 Å². The largest absolute Gasteiger partial charge is 0.321 e. The minimum atomic E-state index is -0.0418. The zero-order chi connectivity index (χ0) is 12.0. The van der Waals surface area contributed by atoms with E-state index in [0.29, 0.717) is 0 Å². The first-order valence-corrected chi connectivity index (χ1v) is 6.67. The first-order valence-electron chi connectivity index (χ1n) is 6.24. The Labute approximate surface area is 107 Å². The van der Waals surface area contributed by atoms with Gasteiger partial charge in [0.15, 0.2) is 0 Å². The molecule has 90 valence electrons. The second kappa shape index (κ2) is 3.74. The molecule has 3 rings (SSSR count). The van der Waals surface area contributed by atoms with Gasteiger partial charge in [-0.05, 0) is 45.2 Å². The highest BCUT2D eigenvalue weighted by Gasteiger charge is 2.37. The fourth-order valence-electron chi connectivity index (χ4n) is 2.79. The summed E-state index contributed by atoms with van der Waals surface area (Å²) in [5, 5.41) is -0.0418. The van der Waals surface area contributed by atoms with Crippen LogP contribution in [0.15, 0.2) is 24.3 Å². The molecule has 1 aliphatic carbocycles. The Bertz CT molecular complexity index is 552. The summed E-state index contributed by atoms with van der Waals surface area (Å²) in [4.78, 5) is 4.69. The molecule has 1 aliphatic rings. The van der Waals surface area contributed by atoms with Gasteiger partial charge in [0.25, 0.3) is 0 Å². The van der Waals surface area contributed by atoms with Crippen molar-refractivity contribution >= 4 is 22.6 Å². The zero-order valence-electron chi connectivity index (χ0n) is 10.3. The fraction of sp³-hybridized carbons (Fsp3) is 0.500. The molecule has 1 saturated carbocycles. The number of hydrogen-bond donors (Lipinski definition) is 0. The van der Waals surface area contributed by atoms with Crippen LogP contribution in [0.3, 0.4) is 0 Å². The van der Waals surface area contributed by atoms with Gasteiger partial charge < -0.3 is 4.57 Å². The SMILES string of the molecule is CC(Cl)c1nc2ccccc2n1C1(C)CCC1. The predicted octanol–water partition coefficient (Wildman–Crippen LogP) is 4.24. The van der Waals surface area contributed by atoms with Gasteiger partial charge in [-0.25, -0.2) is 4.98 Å². The maximum atomic E-state index is 6.28. The normalized spacial score (nSPS) is 20.2. The molecule has 0 aliphatic heterocycles. The number of halogens is 1. The van der Waals surface area contributed by atoms with E-state index in [-0.39, 0.29) is 10.9 Å². The van der Waals surface area contributed by atoms with Crippen molar-refractivity contribution in [1.29, 1.82) is 0 Å². The van der Waals surface area contributed by atoms with Crippen LogP contribution in [0.5, 0.6) is 0 Å². The van der Waals surface area contributed by atoms with Crippen LogP contribution in [0, 0.1) is 0 Å². The molecule has 0 radical (unpaired) electrons. The molecule has 17 heavy (non-hydrogen) atoms. The van der Waals surface area contributed by atoms with Gasteiger partial charge in [-0.1, -0.05) is 12.1 Å². The molecule has 0 bridgehead atoms. The minimum absolute atomic E-state index is 0.0418. The van der Waals surface area contributed by atoms with Gasteiger partial charge in [0.05, 0.1) is 16.4 Å². The van der Waals surface area contributed by atoms with Crippen molar-refractivity contribution in [2.75, 3.05) is 0 Å². The van der Waals surface area contributed by atoms with Crippen LogP contribution in [-0.2, 0) is 5.54 Å². The molecule has 1 aromatic carbocycles. The zero-order valence-corrected chi connectivity index (χ0v) is 11.0. The van der Waals surface area contributed by atoms with Crippen LogP contribution in [-0.4, -0.2) is 9.55 Å². The number of benzene rings is 1. The molecule has 1 atom stereocenters. The second-order valence-electron chi connectivity index (χ2n) is 5.26. The monoisotopic (exact) mass is 248 g/mol. The summed E-state index contributed by atoms with van der Waals surface area (Å²) in [7, 11) is 0. The van der Waals surface area contributed by atoms with Crippen molar-refractivity contribution in [3.63, 3.8) is 0 Å². The Kier molecular flexibility index (Phi) is 2.44. The van der Waals surface area contributed by atoms with Gasteiger partial charge in [0.1, 0.15) is 5.82 Å². The molecule has 0 spiro atoms. The van der Waals surface area contributed by atoms with Crippen LogP contribution < -0.4 is 0 Å². The highest BCUT2D eigenvalue weighted by atomic mass is 35.5. The van der Waals surface area contributed by atoms with Gasteiger partial charge in [0, 0.05) is 5.54 Å². The van der Waals surface area contributed by atoms with E-state index >= 15 is 0 Å². The van der Waals surface area contributed by atoms with Crippen LogP contribution in [0.1, 0.15) is 44.3 Å². The smallest absolute Gasteiger partial charge is 0.128 e. The lowest BCUT2D eigenvalue weighted by atomic mass is 9.78. The summed E-state index contributed by atoms with van der Waals surface area (Å²) < 4.78 is 2.36. The Morgan fingerprint density at radius 2 is 2.06 bits per heavy atom. The van der Waals surface area contributed by atoms with Crippen molar-refractivity contribution in [1.82, 2.24) is 9.55 Å². The Hall–Kier alpha value is -1.02. The van der Waals surface area contributed by atoms with E-state index < -0.39 is 0 Å². The second-order valence-corrected chi connectivity index (χ2v) is 5.92. The molecule has 2 aromatic rings. The number of fused-ring (bicyclic) bond motifs is 1. The summed E-state index contributed by atoms with van der Waals surface area (Å²) >= 11 is 6.28. The highest BCUT2D eigenvalue weighted by molar-refractivity contribution is 6.20. The Morgan fingerprint density at radius 3 is 2.65 bits per heavy atom. The van der Waals surface area contributed by atoms with E-state index in [4.69, 9.17) is 16.6 Å². The number of para-hydroxylation sites is 2. The molecule has 0 saturated heterocycles. The summed E-state index contributed by atoms with van der Waals surface area (Å²) in [5.74, 6) is 1.01. The van der Waals surface area contributed by atoms with Crippen molar-refractivity contribution in [2.24, 2.45) is 0 Å². The van der Waals surface area contributed by atoms with E-state index in [2.05, 4.69) is 29.7 Å². The van der Waals surface area contributed by atoms with Crippen LogP contribution >= 0.6 is 11.6 Å². The first kappa shape index (κ1) is 11.1. The van der Waals surface area contributed by atoms with E-state index in [1.807, 2.05) is 13.0 Å². The summed E-state index contributed by atoms with van der Waals surface area (Å²) in [6.07, 6.45) is 3.76. The Balaban J connectivity index is 2.28. The number of rotatable bonds is 2. The number of hydrogen-bond acceptors (Lipinski definition) is 1. The van der Waals surface area contributed by atoms with Crippen molar-refractivity contribution in [3.05, 3.63) is 30.1 Å². The van der Waals surface area contributed by atoms with Crippen LogP contribution in [0.4, 0.5) is 0 Å². The molecule has 1 heterocycles. The topological polar surface area (TPSA) is 17.8 Å². The third-order valence-corrected chi connectivity index (χ3v) is 4.11. The van der Waals surface area contributed by atoms with Gasteiger partial charge >= 0.3 is 0 Å². The number of alkyl halides is 1. The molecular weight excluding hydrogens is 232 g/mol. The van der Waals surface area contributed by atoms with Gasteiger partial charge in [-0.3, -0.25) is 0 Å². The molecular formula is C14H17ClN2. The molecule has 1 fully saturated rings. The summed E-state index contributed by atoms with van der Waals surface area (Å²) in [5.41, 5.74) is 2.49. The highest BCUT2D eigenvalue weighted by Crippen LogP contribution is 2.43. The van der Waals surface area contributed by atoms with Crippen LogP contribution in [0.2, 0.25) is 0 Å². The number of aromatic nitrogens is 2. The molecule has 3 heteroatoms. The molecule has 0 N–H and O–H groups in total. The standard InChI is InChI=1S/C14H17ClN2/c1-10(15)13-16-11-6-3-4-7-12(11)17(13)14(2)8-5-9-14/h3-4,6-7,10H,5,8-9H2,1-2H3. The Morgan fingerprint density at radius 1 is 1.35 bits per heavy atom. The number of imidazole rings is 1. The third kappa shape index (κ3) is 1.58. The molecule has 1 aromatic heterocycles. The average molecular weight is 249 g/mol. The third-order valence-electron chi connectivity index (χ3n) is 3.91. The van der Waals surface area contributed by atoms with Crippen molar-refractivity contribution < 1.29 is 0 Å². The fourth-order valence-corrected chi connectivity index (χ4v) is 2.94. The minimum Gasteiger partial charge on any atom is -0.321 e. The summed E-state index contributed by atoms with van der Waals surface area (Å²) in [6, 6.07) is 8.32. The lowest BCUT2D eigenvalue weighted by molar-refractivity contribution is 0.169. The van der Waals surface area contributed by atoms with Crippen LogP contribution in [0.25, 0.3) is 11.0 Å². The molecule has 2 nitrogen and oxygen atoms in total. The molecule has 0 amide bonds. The van der Waals surface area contributed by atoms with E-state index in [9.17, 15) is 0 Å². The maximum absolute atomic E-state index is 6.28. The summed E-state index contributed by atoms with van der Waals surface area (Å²) in [6.45, 7) is 4.31. The van der Waals surface area contributed by atoms with Crippen molar-refractivity contribution in [2.45, 2.75) is 44.0 Å². The van der Waals surface area contributed by atoms with E-state index in [1.54, 1.807) is 0 Å². The number of nitrogens with zero attached hydrogens (tertiary/aromatic N) is 2. The lowest BCUT2D eigenvalue weighted by Gasteiger charge is -2.41. The predicted molar refractivity (Wildman–Crippen MR) is 71.5 cm³/mol. The maximum Gasteiger partial charge on any atom is 0.128 e. The van der Waals surface area contributed by atoms with Crippen molar-refractivity contribution in [3.8, 4) is 0 Å². The average Bonchev–Trinajstić information content (AvgIpc) is 2.65. The van der Waals surface area contributed by atoms with Gasteiger partial charge in [0.2, 0.25) is 0 Å². The molecule has 1 unspecified atom stereocenters. The first-order chi connectivity index (χ1) is 8.12. The van der Waals surface area contributed by atoms with Gasteiger partial charge in [-0.2, -0.15) is 0 Å². The quantitative estimate of drug-likeness (QED) is 0.727. The van der Waals surface area contributed by atoms with Gasteiger partial charge in [-0.15, -0.1) is 11.6 Å². The lowest BCUT2D eigenvalue weighted by Crippen LogP contribution is -2.38. The van der Waals surface area contributed by atoms with E-state index in [1.165, 1.54) is 24.8 Å².